The predicted octanol–water partition coefficient (Wildman–Crippen LogP) is 2.70. The molecule has 3 rings (SSSR count). The molecule has 0 aromatic heterocycles. The molecule has 0 radical (unpaired) electrons. The number of carbonyl (C=O) groups is 1. The fourth-order valence-corrected chi connectivity index (χ4v) is 3.30. The maximum absolute atomic E-state index is 13.6. The summed E-state index contributed by atoms with van der Waals surface area (Å²) in [6.45, 7) is -0.969. The van der Waals surface area contributed by atoms with Crippen molar-refractivity contribution in [1.82, 2.24) is 5.32 Å². The lowest BCUT2D eigenvalue weighted by atomic mass is 9.80. The molecule has 1 aromatic rings. The van der Waals surface area contributed by atoms with E-state index in [0.29, 0.717) is 16.1 Å². The molecule has 126 valence electrons. The SMILES string of the molecule is O=C(OC1NCC2(CF)OCc3c(Cl)cccc3C12)C(F)(F)F. The van der Waals surface area contributed by atoms with Crippen LogP contribution in [-0.2, 0) is 20.9 Å². The van der Waals surface area contributed by atoms with Crippen molar-refractivity contribution in [3.05, 3.63) is 34.3 Å². The van der Waals surface area contributed by atoms with Crippen molar-refractivity contribution in [3.8, 4) is 0 Å². The monoisotopic (exact) mass is 353 g/mol. The van der Waals surface area contributed by atoms with E-state index in [4.69, 9.17) is 16.3 Å². The first-order valence-electron chi connectivity index (χ1n) is 6.77. The standard InChI is InChI=1S/C14H12ClF4NO3/c15-9-3-1-2-7-8(9)4-22-13(5-16)6-20-11(10(7)13)23-12(21)14(17,18)19/h1-3,10-11,20H,4-6H2. The van der Waals surface area contributed by atoms with Crippen LogP contribution in [0, 0.1) is 0 Å². The summed E-state index contributed by atoms with van der Waals surface area (Å²) in [5.41, 5.74) is -0.305. The van der Waals surface area contributed by atoms with Crippen LogP contribution in [0.25, 0.3) is 0 Å². The van der Waals surface area contributed by atoms with Gasteiger partial charge in [-0.1, -0.05) is 23.7 Å². The number of hydrogen-bond donors (Lipinski definition) is 1. The van der Waals surface area contributed by atoms with Crippen molar-refractivity contribution in [1.29, 1.82) is 0 Å². The second-order valence-electron chi connectivity index (χ2n) is 5.48. The fraction of sp³-hybridized carbons (Fsp3) is 0.500. The maximum Gasteiger partial charge on any atom is 0.490 e. The summed E-state index contributed by atoms with van der Waals surface area (Å²) in [4.78, 5) is 11.1. The summed E-state index contributed by atoms with van der Waals surface area (Å²) in [7, 11) is 0. The van der Waals surface area contributed by atoms with Crippen LogP contribution in [-0.4, -0.2) is 37.2 Å². The van der Waals surface area contributed by atoms with E-state index in [9.17, 15) is 22.4 Å². The van der Waals surface area contributed by atoms with Crippen molar-refractivity contribution in [3.63, 3.8) is 0 Å². The van der Waals surface area contributed by atoms with E-state index in [2.05, 4.69) is 10.1 Å². The van der Waals surface area contributed by atoms with Crippen LogP contribution in [0.3, 0.4) is 0 Å². The average Bonchev–Trinajstić information content (AvgIpc) is 2.86. The smallest absolute Gasteiger partial charge is 0.439 e. The second-order valence-corrected chi connectivity index (χ2v) is 5.88. The number of hydrogen-bond acceptors (Lipinski definition) is 4. The number of nitrogens with one attached hydrogen (secondary N) is 1. The zero-order valence-corrected chi connectivity index (χ0v) is 12.4. The molecule has 2 aliphatic rings. The Morgan fingerprint density at radius 3 is 2.87 bits per heavy atom. The van der Waals surface area contributed by atoms with E-state index in [0.717, 1.165) is 0 Å². The molecule has 1 aromatic carbocycles. The molecule has 0 bridgehead atoms. The lowest BCUT2D eigenvalue weighted by molar-refractivity contribution is -0.208. The number of halogens is 5. The molecule has 3 atom stereocenters. The fourth-order valence-electron chi connectivity index (χ4n) is 3.06. The van der Waals surface area contributed by atoms with E-state index < -0.39 is 36.6 Å². The third-order valence-electron chi connectivity index (χ3n) is 4.16. The molecule has 2 heterocycles. The van der Waals surface area contributed by atoms with Gasteiger partial charge >= 0.3 is 12.1 Å². The Bertz CT molecular complexity index is 639. The van der Waals surface area contributed by atoms with E-state index in [1.165, 1.54) is 0 Å². The van der Waals surface area contributed by atoms with Gasteiger partial charge in [-0.2, -0.15) is 13.2 Å². The molecule has 0 aliphatic carbocycles. The molecule has 0 spiro atoms. The van der Waals surface area contributed by atoms with Crippen LogP contribution in [0.2, 0.25) is 5.02 Å². The average molecular weight is 354 g/mol. The molecule has 2 aliphatic heterocycles. The number of benzene rings is 1. The summed E-state index contributed by atoms with van der Waals surface area (Å²) in [6, 6.07) is 4.84. The molecular weight excluding hydrogens is 342 g/mol. The maximum atomic E-state index is 13.6. The number of alkyl halides is 4. The van der Waals surface area contributed by atoms with Gasteiger partial charge in [-0.05, 0) is 11.6 Å². The topological polar surface area (TPSA) is 47.6 Å². The molecule has 1 N–H and O–H groups in total. The van der Waals surface area contributed by atoms with Crippen LogP contribution in [0.4, 0.5) is 17.6 Å². The highest BCUT2D eigenvalue weighted by molar-refractivity contribution is 6.31. The molecule has 0 saturated carbocycles. The minimum Gasteiger partial charge on any atom is -0.439 e. The Hall–Kier alpha value is -1.38. The minimum absolute atomic E-state index is 0.0387. The molecule has 23 heavy (non-hydrogen) atoms. The Labute approximate surface area is 133 Å². The Kier molecular flexibility index (Phi) is 4.02. The summed E-state index contributed by atoms with van der Waals surface area (Å²) in [5, 5.41) is 2.97. The molecule has 1 fully saturated rings. The van der Waals surface area contributed by atoms with Crippen molar-refractivity contribution in [2.45, 2.75) is 30.5 Å². The normalized spacial score (nSPS) is 29.8. The highest BCUT2D eigenvalue weighted by Gasteiger charge is 2.56. The quantitative estimate of drug-likeness (QED) is 0.656. The van der Waals surface area contributed by atoms with Gasteiger partial charge in [0.15, 0.2) is 6.23 Å². The summed E-state index contributed by atoms with van der Waals surface area (Å²) in [5.74, 6) is -3.25. The van der Waals surface area contributed by atoms with Crippen molar-refractivity contribution in [2.24, 2.45) is 0 Å². The van der Waals surface area contributed by atoms with Gasteiger partial charge in [0.1, 0.15) is 12.3 Å². The van der Waals surface area contributed by atoms with Gasteiger partial charge in [-0.15, -0.1) is 0 Å². The van der Waals surface area contributed by atoms with Gasteiger partial charge < -0.3 is 9.47 Å². The summed E-state index contributed by atoms with van der Waals surface area (Å²) >= 11 is 6.07. The molecule has 1 saturated heterocycles. The number of esters is 1. The third-order valence-corrected chi connectivity index (χ3v) is 4.51. The molecule has 4 nitrogen and oxygen atoms in total. The summed E-state index contributed by atoms with van der Waals surface area (Å²) < 4.78 is 61.0. The molecule has 9 heteroatoms. The van der Waals surface area contributed by atoms with Gasteiger partial charge in [0.25, 0.3) is 0 Å². The van der Waals surface area contributed by atoms with E-state index in [-0.39, 0.29) is 13.2 Å². The van der Waals surface area contributed by atoms with E-state index in [1.54, 1.807) is 18.2 Å². The highest BCUT2D eigenvalue weighted by Crippen LogP contribution is 2.47. The second kappa shape index (κ2) is 5.61. The van der Waals surface area contributed by atoms with Crippen molar-refractivity contribution >= 4 is 17.6 Å². The number of rotatable bonds is 2. The zero-order chi connectivity index (χ0) is 16.8. The van der Waals surface area contributed by atoms with Crippen molar-refractivity contribution in [2.75, 3.05) is 13.2 Å². The van der Waals surface area contributed by atoms with Crippen LogP contribution in [0.15, 0.2) is 18.2 Å². The third kappa shape index (κ3) is 2.68. The lowest BCUT2D eigenvalue weighted by Gasteiger charge is -2.39. The van der Waals surface area contributed by atoms with Gasteiger partial charge in [0, 0.05) is 17.1 Å². The zero-order valence-electron chi connectivity index (χ0n) is 11.6. The first-order chi connectivity index (χ1) is 10.8. The van der Waals surface area contributed by atoms with Gasteiger partial charge in [0.05, 0.1) is 12.5 Å². The molecule has 3 unspecified atom stereocenters. The van der Waals surface area contributed by atoms with Crippen LogP contribution < -0.4 is 5.32 Å². The minimum atomic E-state index is -5.13. The largest absolute Gasteiger partial charge is 0.490 e. The van der Waals surface area contributed by atoms with Crippen LogP contribution in [0.5, 0.6) is 0 Å². The summed E-state index contributed by atoms with van der Waals surface area (Å²) in [6.07, 6.45) is -6.48. The van der Waals surface area contributed by atoms with E-state index in [1.807, 2.05) is 0 Å². The van der Waals surface area contributed by atoms with Crippen LogP contribution >= 0.6 is 11.6 Å². The van der Waals surface area contributed by atoms with Crippen LogP contribution in [0.1, 0.15) is 17.0 Å². The van der Waals surface area contributed by atoms with Gasteiger partial charge in [-0.25, -0.2) is 9.18 Å². The van der Waals surface area contributed by atoms with E-state index >= 15 is 0 Å². The van der Waals surface area contributed by atoms with Crippen molar-refractivity contribution < 1.29 is 31.8 Å². The first-order valence-corrected chi connectivity index (χ1v) is 7.15. The Morgan fingerprint density at radius 1 is 1.48 bits per heavy atom. The number of fused-ring (bicyclic) bond motifs is 3. The molecular formula is C14H12ClF4NO3. The van der Waals surface area contributed by atoms with Gasteiger partial charge in [0.2, 0.25) is 0 Å². The molecule has 0 amide bonds. The number of ether oxygens (including phenoxy) is 2. The Balaban J connectivity index is 1.98. The van der Waals surface area contributed by atoms with Gasteiger partial charge in [-0.3, -0.25) is 5.32 Å². The predicted molar refractivity (Wildman–Crippen MR) is 71.6 cm³/mol. The highest BCUT2D eigenvalue weighted by atomic mass is 35.5. The Morgan fingerprint density at radius 2 is 2.22 bits per heavy atom. The first kappa shape index (κ1) is 16.5. The lowest BCUT2D eigenvalue weighted by Crippen LogP contribution is -2.46. The number of carbonyl (C=O) groups excluding carboxylic acids is 1.